The summed E-state index contributed by atoms with van der Waals surface area (Å²) in [7, 11) is 0.783. The first-order valence-electron chi connectivity index (χ1n) is 9.81. The molecule has 3 rings (SSSR count). The van der Waals surface area contributed by atoms with E-state index in [9.17, 15) is 36.7 Å². The fourth-order valence-electron chi connectivity index (χ4n) is 3.07. The van der Waals surface area contributed by atoms with Gasteiger partial charge in [0.2, 0.25) is 5.91 Å². The highest BCUT2D eigenvalue weighted by atomic mass is 35.5. The van der Waals surface area contributed by atoms with Crippen LogP contribution in [0.15, 0.2) is 32.8 Å². The van der Waals surface area contributed by atoms with Gasteiger partial charge in [-0.2, -0.15) is 13.2 Å². The van der Waals surface area contributed by atoms with Gasteiger partial charge in [0.05, 0.1) is 28.3 Å². The highest BCUT2D eigenvalue weighted by Gasteiger charge is 2.35. The van der Waals surface area contributed by atoms with Gasteiger partial charge in [-0.15, -0.1) is 0 Å². The topological polar surface area (TPSA) is 103 Å². The Morgan fingerprint density at radius 2 is 1.89 bits per heavy atom. The molecule has 9 nitrogen and oxygen atoms in total. The molecule has 1 aliphatic heterocycles. The Bertz CT molecular complexity index is 1350. The zero-order chi connectivity index (χ0) is 26.2. The van der Waals surface area contributed by atoms with Crippen molar-refractivity contribution in [3.05, 3.63) is 55.6 Å². The van der Waals surface area contributed by atoms with Gasteiger partial charge in [-0.25, -0.2) is 18.7 Å². The van der Waals surface area contributed by atoms with Crippen molar-refractivity contribution in [3.8, 4) is 5.69 Å². The number of rotatable bonds is 5. The number of aliphatic imine (C=N–C) groups is 1. The van der Waals surface area contributed by atoms with Crippen molar-refractivity contribution in [1.29, 1.82) is 0 Å². The third-order valence-electron chi connectivity index (χ3n) is 4.59. The first-order chi connectivity index (χ1) is 16.2. The number of esters is 1. The fourth-order valence-corrected chi connectivity index (χ4v) is 4.16. The molecular formula is C20H17ClF4N4O5S. The van der Waals surface area contributed by atoms with Crippen molar-refractivity contribution in [2.45, 2.75) is 26.1 Å². The summed E-state index contributed by atoms with van der Waals surface area (Å²) in [5.41, 5.74) is -5.29. The Kier molecular flexibility index (Phi) is 7.45. The number of ether oxygens (including phenoxy) is 1. The predicted octanol–water partition coefficient (Wildman–Crippen LogP) is 2.86. The van der Waals surface area contributed by atoms with E-state index in [1.165, 1.54) is 0 Å². The highest BCUT2D eigenvalue weighted by molar-refractivity contribution is 8.15. The zero-order valence-corrected chi connectivity index (χ0v) is 19.9. The quantitative estimate of drug-likeness (QED) is 0.430. The van der Waals surface area contributed by atoms with Crippen LogP contribution in [-0.4, -0.2) is 49.5 Å². The second kappa shape index (κ2) is 9.85. The largest absolute Gasteiger partial charge is 0.462 e. The number of alkyl halides is 3. The Balaban J connectivity index is 2.10. The molecule has 0 spiro atoms. The van der Waals surface area contributed by atoms with Gasteiger partial charge in [0.1, 0.15) is 18.1 Å². The van der Waals surface area contributed by atoms with E-state index < -0.39 is 59.1 Å². The summed E-state index contributed by atoms with van der Waals surface area (Å²) in [6.45, 7) is 2.80. The van der Waals surface area contributed by atoms with E-state index in [0.717, 1.165) is 35.8 Å². The standard InChI is InChI=1S/C20H17ClF4N4O5S/c1-9(2)34-17(32)7-28-16(31)8-35-18(28)26-12-5-13(11(22)4-10(12)21)29-15(30)6-14(20(23,24)25)27(3)19(29)33/h4-6,9H,7-8H2,1-3H3. The first-order valence-corrected chi connectivity index (χ1v) is 11.2. The van der Waals surface area contributed by atoms with Crippen LogP contribution in [0.4, 0.5) is 23.2 Å². The van der Waals surface area contributed by atoms with Crippen molar-refractivity contribution in [1.82, 2.24) is 14.0 Å². The van der Waals surface area contributed by atoms with E-state index in [0.29, 0.717) is 0 Å². The molecule has 1 amide bonds. The van der Waals surface area contributed by atoms with Crippen LogP contribution in [0.1, 0.15) is 19.5 Å². The Labute approximate surface area is 203 Å². The molecule has 2 heterocycles. The zero-order valence-electron chi connectivity index (χ0n) is 18.4. The number of hydrogen-bond donors (Lipinski definition) is 0. The molecule has 2 aromatic rings. The number of hydrogen-bond acceptors (Lipinski definition) is 7. The monoisotopic (exact) mass is 536 g/mol. The Hall–Kier alpha value is -3.13. The summed E-state index contributed by atoms with van der Waals surface area (Å²) in [4.78, 5) is 54.3. The summed E-state index contributed by atoms with van der Waals surface area (Å²) in [5.74, 6) is -2.39. The minimum absolute atomic E-state index is 0.0165. The molecule has 0 N–H and O–H groups in total. The summed E-state index contributed by atoms with van der Waals surface area (Å²) in [5, 5.41) is -0.261. The summed E-state index contributed by atoms with van der Waals surface area (Å²) in [6.07, 6.45) is -5.42. The average Bonchev–Trinajstić information content (AvgIpc) is 3.05. The van der Waals surface area contributed by atoms with Crippen molar-refractivity contribution < 1.29 is 31.9 Å². The molecular weight excluding hydrogens is 520 g/mol. The van der Waals surface area contributed by atoms with E-state index in [1.54, 1.807) is 13.8 Å². The summed E-state index contributed by atoms with van der Waals surface area (Å²) in [6, 6.07) is 1.77. The van der Waals surface area contributed by atoms with Gasteiger partial charge in [-0.1, -0.05) is 23.4 Å². The molecule has 1 aromatic heterocycles. The molecule has 15 heteroatoms. The van der Waals surface area contributed by atoms with Gasteiger partial charge in [0.15, 0.2) is 5.17 Å². The Morgan fingerprint density at radius 1 is 1.23 bits per heavy atom. The Morgan fingerprint density at radius 3 is 2.49 bits per heavy atom. The molecule has 0 radical (unpaired) electrons. The lowest BCUT2D eigenvalue weighted by Crippen LogP contribution is -2.41. The first kappa shape index (κ1) is 26.5. The summed E-state index contributed by atoms with van der Waals surface area (Å²) >= 11 is 7.00. The van der Waals surface area contributed by atoms with Crippen LogP contribution in [0.3, 0.4) is 0 Å². The molecule has 1 fully saturated rings. The van der Waals surface area contributed by atoms with Gasteiger partial charge in [-0.3, -0.25) is 23.9 Å². The molecule has 1 aliphatic rings. The van der Waals surface area contributed by atoms with Gasteiger partial charge in [-0.05, 0) is 26.0 Å². The smallest absolute Gasteiger partial charge is 0.431 e. The second-order valence-corrected chi connectivity index (χ2v) is 8.85. The molecule has 0 aliphatic carbocycles. The number of aromatic nitrogens is 2. The van der Waals surface area contributed by atoms with Crippen LogP contribution < -0.4 is 11.2 Å². The number of halogens is 5. The molecule has 1 saturated heterocycles. The van der Waals surface area contributed by atoms with Crippen LogP contribution in [-0.2, 0) is 27.5 Å². The van der Waals surface area contributed by atoms with Crippen molar-refractivity contribution >= 4 is 46.1 Å². The predicted molar refractivity (Wildman–Crippen MR) is 120 cm³/mol. The number of carbonyl (C=O) groups is 2. The SMILES string of the molecule is CC(C)OC(=O)CN1C(=O)CSC1=Nc1cc(-n2c(=O)cc(C(F)(F)F)n(C)c2=O)c(F)cc1Cl. The number of nitrogens with zero attached hydrogens (tertiary/aromatic N) is 4. The van der Waals surface area contributed by atoms with Crippen LogP contribution in [0.2, 0.25) is 5.02 Å². The molecule has 1 aromatic carbocycles. The lowest BCUT2D eigenvalue weighted by Gasteiger charge is -2.17. The van der Waals surface area contributed by atoms with Crippen molar-refractivity contribution in [2.24, 2.45) is 12.0 Å². The van der Waals surface area contributed by atoms with E-state index in [1.807, 2.05) is 0 Å². The third-order valence-corrected chi connectivity index (χ3v) is 5.86. The molecule has 0 atom stereocenters. The van der Waals surface area contributed by atoms with Gasteiger partial charge < -0.3 is 4.74 Å². The fraction of sp³-hybridized carbons (Fsp3) is 0.350. The van der Waals surface area contributed by atoms with Crippen LogP contribution >= 0.6 is 23.4 Å². The van der Waals surface area contributed by atoms with Crippen molar-refractivity contribution in [2.75, 3.05) is 12.3 Å². The van der Waals surface area contributed by atoms with Crippen LogP contribution in [0, 0.1) is 5.82 Å². The molecule has 35 heavy (non-hydrogen) atoms. The minimum Gasteiger partial charge on any atom is -0.462 e. The number of carbonyl (C=O) groups excluding carboxylic acids is 2. The lowest BCUT2D eigenvalue weighted by atomic mass is 10.2. The molecule has 0 bridgehead atoms. The average molecular weight is 537 g/mol. The summed E-state index contributed by atoms with van der Waals surface area (Å²) < 4.78 is 59.4. The van der Waals surface area contributed by atoms with Crippen LogP contribution in [0.25, 0.3) is 5.69 Å². The number of benzene rings is 1. The highest BCUT2D eigenvalue weighted by Crippen LogP contribution is 2.33. The second-order valence-electron chi connectivity index (χ2n) is 7.50. The van der Waals surface area contributed by atoms with Crippen molar-refractivity contribution in [3.63, 3.8) is 0 Å². The minimum atomic E-state index is -4.99. The third kappa shape index (κ3) is 5.59. The van der Waals surface area contributed by atoms with E-state index in [-0.39, 0.29) is 36.8 Å². The maximum atomic E-state index is 14.7. The maximum absolute atomic E-state index is 14.7. The van der Waals surface area contributed by atoms with Gasteiger partial charge >= 0.3 is 17.8 Å². The van der Waals surface area contributed by atoms with E-state index in [4.69, 9.17) is 16.3 Å². The molecule has 0 unspecified atom stereocenters. The van der Waals surface area contributed by atoms with E-state index in [2.05, 4.69) is 4.99 Å². The van der Waals surface area contributed by atoms with Gasteiger partial charge in [0, 0.05) is 13.1 Å². The van der Waals surface area contributed by atoms with Crippen LogP contribution in [0.5, 0.6) is 0 Å². The number of amides is 1. The number of amidine groups is 1. The van der Waals surface area contributed by atoms with Gasteiger partial charge in [0.25, 0.3) is 5.56 Å². The normalized spacial score (nSPS) is 15.4. The number of thioether (sulfide) groups is 1. The van der Waals surface area contributed by atoms with E-state index >= 15 is 0 Å². The maximum Gasteiger partial charge on any atom is 0.431 e. The molecule has 0 saturated carbocycles. The molecule has 188 valence electrons. The lowest BCUT2D eigenvalue weighted by molar-refractivity contribution is -0.149.